The number of carbonyl (C=O) groups is 3. The predicted octanol–water partition coefficient (Wildman–Crippen LogP) is 0.834. The molecule has 0 aliphatic rings. The zero-order valence-corrected chi connectivity index (χ0v) is 11.6. The number of ether oxygens (including phenoxy) is 1. The first-order chi connectivity index (χ1) is 8.92. The molecule has 0 saturated heterocycles. The van der Waals surface area contributed by atoms with Crippen LogP contribution in [0, 0.1) is 0 Å². The summed E-state index contributed by atoms with van der Waals surface area (Å²) in [5.74, 6) is -1.44. The van der Waals surface area contributed by atoms with Crippen LogP contribution in [-0.4, -0.2) is 54.2 Å². The molecular formula is C12H22N2O5. The molecule has 0 fully saturated rings. The van der Waals surface area contributed by atoms with Gasteiger partial charge in [-0.05, 0) is 13.3 Å². The Morgan fingerprint density at radius 1 is 1.32 bits per heavy atom. The Hall–Kier alpha value is -1.79. The number of amides is 2. The maximum absolute atomic E-state index is 11.7. The topological polar surface area (TPSA) is 95.9 Å². The summed E-state index contributed by atoms with van der Waals surface area (Å²) in [6.45, 7) is 4.03. The van der Waals surface area contributed by atoms with E-state index in [4.69, 9.17) is 9.84 Å². The van der Waals surface area contributed by atoms with Crippen LogP contribution < -0.4 is 5.32 Å². The van der Waals surface area contributed by atoms with Gasteiger partial charge in [-0.2, -0.15) is 0 Å². The minimum absolute atomic E-state index is 0.0866. The molecule has 2 N–H and O–H groups in total. The maximum Gasteiger partial charge on any atom is 0.326 e. The highest BCUT2D eigenvalue weighted by Crippen LogP contribution is 1.99. The molecule has 0 saturated carbocycles. The first-order valence-electron chi connectivity index (χ1n) is 6.32. The van der Waals surface area contributed by atoms with Crippen molar-refractivity contribution in [3.05, 3.63) is 0 Å². The molecule has 0 aliphatic heterocycles. The van der Waals surface area contributed by atoms with Crippen LogP contribution in [0.15, 0.2) is 0 Å². The average molecular weight is 274 g/mol. The molecule has 0 rings (SSSR count). The Bertz CT molecular complexity index is 319. The SMILES string of the molecule is CCC[C@@H](NC(=O)N(C)CCC(=O)OCC)C(=O)O. The number of aliphatic carboxylic acids is 1. The van der Waals surface area contributed by atoms with E-state index in [1.165, 1.54) is 11.9 Å². The lowest BCUT2D eigenvalue weighted by Crippen LogP contribution is -2.47. The summed E-state index contributed by atoms with van der Waals surface area (Å²) < 4.78 is 4.74. The van der Waals surface area contributed by atoms with Gasteiger partial charge in [-0.15, -0.1) is 0 Å². The molecule has 2 amide bonds. The second kappa shape index (κ2) is 9.18. The van der Waals surface area contributed by atoms with Crippen LogP contribution in [0.3, 0.4) is 0 Å². The molecule has 7 heteroatoms. The van der Waals surface area contributed by atoms with E-state index >= 15 is 0 Å². The Labute approximate surface area is 112 Å². The van der Waals surface area contributed by atoms with Gasteiger partial charge in [0.1, 0.15) is 6.04 Å². The number of hydrogen-bond donors (Lipinski definition) is 2. The summed E-state index contributed by atoms with van der Waals surface area (Å²) >= 11 is 0. The lowest BCUT2D eigenvalue weighted by molar-refractivity contribution is -0.143. The van der Waals surface area contributed by atoms with Crippen LogP contribution in [-0.2, 0) is 14.3 Å². The molecule has 1 atom stereocenters. The number of carbonyl (C=O) groups excluding carboxylic acids is 2. The van der Waals surface area contributed by atoms with Gasteiger partial charge in [0.05, 0.1) is 13.0 Å². The standard InChI is InChI=1S/C12H22N2O5/c1-4-6-9(11(16)17)13-12(18)14(3)8-7-10(15)19-5-2/h9H,4-8H2,1-3H3,(H,13,18)(H,16,17)/t9-/m1/s1. The molecule has 0 aromatic rings. The van der Waals surface area contributed by atoms with E-state index in [1.807, 2.05) is 6.92 Å². The van der Waals surface area contributed by atoms with E-state index in [0.29, 0.717) is 19.4 Å². The number of rotatable bonds is 8. The van der Waals surface area contributed by atoms with Crippen molar-refractivity contribution in [2.24, 2.45) is 0 Å². The fourth-order valence-electron chi connectivity index (χ4n) is 1.40. The second-order valence-corrected chi connectivity index (χ2v) is 4.11. The van der Waals surface area contributed by atoms with E-state index in [0.717, 1.165) is 0 Å². The van der Waals surface area contributed by atoms with Crippen molar-refractivity contribution in [2.45, 2.75) is 39.2 Å². The first kappa shape index (κ1) is 17.2. The lowest BCUT2D eigenvalue weighted by atomic mass is 10.2. The number of esters is 1. The number of nitrogens with one attached hydrogen (secondary N) is 1. The molecule has 0 radical (unpaired) electrons. The highest BCUT2D eigenvalue weighted by molar-refractivity contribution is 5.82. The Morgan fingerprint density at radius 2 is 1.95 bits per heavy atom. The zero-order valence-electron chi connectivity index (χ0n) is 11.6. The average Bonchev–Trinajstić information content (AvgIpc) is 2.35. The highest BCUT2D eigenvalue weighted by atomic mass is 16.5. The van der Waals surface area contributed by atoms with Gasteiger partial charge in [0.2, 0.25) is 0 Å². The third kappa shape index (κ3) is 7.28. The molecule has 0 aliphatic carbocycles. The van der Waals surface area contributed by atoms with Crippen molar-refractivity contribution in [1.29, 1.82) is 0 Å². The van der Waals surface area contributed by atoms with Gasteiger partial charge >= 0.3 is 18.0 Å². The number of carboxylic acid groups (broad SMARTS) is 1. The second-order valence-electron chi connectivity index (χ2n) is 4.11. The smallest absolute Gasteiger partial charge is 0.326 e. The van der Waals surface area contributed by atoms with Crippen molar-refractivity contribution in [2.75, 3.05) is 20.2 Å². The molecule has 110 valence electrons. The highest BCUT2D eigenvalue weighted by Gasteiger charge is 2.20. The van der Waals surface area contributed by atoms with E-state index in [9.17, 15) is 14.4 Å². The van der Waals surface area contributed by atoms with E-state index in [-0.39, 0.29) is 18.9 Å². The summed E-state index contributed by atoms with van der Waals surface area (Å²) in [5, 5.41) is 11.3. The first-order valence-corrected chi connectivity index (χ1v) is 6.32. The molecule has 0 unspecified atom stereocenters. The molecule has 0 aromatic carbocycles. The van der Waals surface area contributed by atoms with Crippen molar-refractivity contribution in [3.8, 4) is 0 Å². The van der Waals surface area contributed by atoms with E-state index in [1.54, 1.807) is 6.92 Å². The summed E-state index contributed by atoms with van der Waals surface area (Å²) in [6, 6.07) is -1.41. The number of urea groups is 1. The van der Waals surface area contributed by atoms with Crippen LogP contribution >= 0.6 is 0 Å². The minimum atomic E-state index is -1.06. The summed E-state index contributed by atoms with van der Waals surface area (Å²) in [5.41, 5.74) is 0. The van der Waals surface area contributed by atoms with Gasteiger partial charge in [-0.3, -0.25) is 4.79 Å². The monoisotopic (exact) mass is 274 g/mol. The van der Waals surface area contributed by atoms with Crippen LogP contribution in [0.1, 0.15) is 33.1 Å². The largest absolute Gasteiger partial charge is 0.480 e. The van der Waals surface area contributed by atoms with Crippen molar-refractivity contribution in [1.82, 2.24) is 10.2 Å². The van der Waals surface area contributed by atoms with Gasteiger partial charge in [-0.1, -0.05) is 13.3 Å². The number of nitrogens with zero attached hydrogens (tertiary/aromatic N) is 1. The van der Waals surface area contributed by atoms with Crippen LogP contribution in [0.25, 0.3) is 0 Å². The summed E-state index contributed by atoms with van der Waals surface area (Å²) in [7, 11) is 1.50. The maximum atomic E-state index is 11.7. The Kier molecular flexibility index (Phi) is 8.32. The lowest BCUT2D eigenvalue weighted by Gasteiger charge is -2.20. The van der Waals surface area contributed by atoms with Gasteiger partial charge in [0.15, 0.2) is 0 Å². The molecule has 0 aromatic heterocycles. The van der Waals surface area contributed by atoms with E-state index in [2.05, 4.69) is 5.32 Å². The third-order valence-corrected chi connectivity index (χ3v) is 2.48. The third-order valence-electron chi connectivity index (χ3n) is 2.48. The van der Waals surface area contributed by atoms with Crippen molar-refractivity contribution < 1.29 is 24.2 Å². The number of hydrogen-bond acceptors (Lipinski definition) is 4. The van der Waals surface area contributed by atoms with Gasteiger partial charge in [-0.25, -0.2) is 9.59 Å². The van der Waals surface area contributed by atoms with Crippen LogP contribution in [0.4, 0.5) is 4.79 Å². The van der Waals surface area contributed by atoms with Crippen molar-refractivity contribution in [3.63, 3.8) is 0 Å². The Balaban J connectivity index is 4.17. The zero-order chi connectivity index (χ0) is 14.8. The summed E-state index contributed by atoms with van der Waals surface area (Å²) in [4.78, 5) is 35.0. The molecule has 7 nitrogen and oxygen atoms in total. The minimum Gasteiger partial charge on any atom is -0.480 e. The van der Waals surface area contributed by atoms with Crippen LogP contribution in [0.2, 0.25) is 0 Å². The Morgan fingerprint density at radius 3 is 2.42 bits per heavy atom. The fraction of sp³-hybridized carbons (Fsp3) is 0.750. The van der Waals surface area contributed by atoms with Crippen LogP contribution in [0.5, 0.6) is 0 Å². The molecular weight excluding hydrogens is 252 g/mol. The molecule has 19 heavy (non-hydrogen) atoms. The predicted molar refractivity (Wildman–Crippen MR) is 68.7 cm³/mol. The summed E-state index contributed by atoms with van der Waals surface area (Å²) in [6.07, 6.45) is 1.11. The van der Waals surface area contributed by atoms with E-state index < -0.39 is 18.0 Å². The van der Waals surface area contributed by atoms with Gasteiger partial charge in [0.25, 0.3) is 0 Å². The van der Waals surface area contributed by atoms with Crippen molar-refractivity contribution >= 4 is 18.0 Å². The fourth-order valence-corrected chi connectivity index (χ4v) is 1.40. The van der Waals surface area contributed by atoms with Gasteiger partial charge < -0.3 is 20.1 Å². The molecule has 0 heterocycles. The quantitative estimate of drug-likeness (QED) is 0.639. The molecule has 0 bridgehead atoms. The van der Waals surface area contributed by atoms with Gasteiger partial charge in [0, 0.05) is 13.6 Å². The normalized spacial score (nSPS) is 11.5. The molecule has 0 spiro atoms. The number of carboxylic acids is 1.